The summed E-state index contributed by atoms with van der Waals surface area (Å²) in [5, 5.41) is 0. The van der Waals surface area contributed by atoms with E-state index in [9.17, 15) is 17.6 Å². The van der Waals surface area contributed by atoms with Crippen molar-refractivity contribution in [3.63, 3.8) is 0 Å². The second-order valence-electron chi connectivity index (χ2n) is 6.10. The molecule has 9 heteroatoms. The van der Waals surface area contributed by atoms with Crippen molar-refractivity contribution in [3.8, 4) is 12.3 Å². The van der Waals surface area contributed by atoms with Crippen molar-refractivity contribution >= 4 is 37.5 Å². The number of aromatic nitrogens is 1. The standard InChI is InChI=1S/C17H18FN3O3S2/c1-3-10-20-15-12(18)7-6-9-14(15)25-17(20)19-16(22)13-8-4-5-11-21(13)26(2,23)24/h1,6-7,9,13H,4-5,8,10-11H2,2H3. The molecule has 1 aromatic carbocycles. The van der Waals surface area contributed by atoms with Gasteiger partial charge in [0.05, 0.1) is 23.0 Å². The lowest BCUT2D eigenvalue weighted by atomic mass is 10.0. The maximum atomic E-state index is 14.2. The molecular weight excluding hydrogens is 377 g/mol. The number of carbonyl (C=O) groups excluding carboxylic acids is 1. The van der Waals surface area contributed by atoms with Crippen LogP contribution in [0.15, 0.2) is 23.2 Å². The van der Waals surface area contributed by atoms with Crippen LogP contribution in [0, 0.1) is 18.2 Å². The quantitative estimate of drug-likeness (QED) is 0.743. The van der Waals surface area contributed by atoms with Crippen molar-refractivity contribution < 1.29 is 17.6 Å². The molecule has 0 bridgehead atoms. The predicted octanol–water partition coefficient (Wildman–Crippen LogP) is 1.72. The van der Waals surface area contributed by atoms with E-state index in [0.717, 1.165) is 24.0 Å². The highest BCUT2D eigenvalue weighted by Crippen LogP contribution is 2.22. The Morgan fingerprint density at radius 2 is 2.23 bits per heavy atom. The van der Waals surface area contributed by atoms with Crippen molar-refractivity contribution in [1.29, 1.82) is 0 Å². The number of sulfonamides is 1. The van der Waals surface area contributed by atoms with E-state index in [2.05, 4.69) is 10.9 Å². The molecule has 1 saturated heterocycles. The Balaban J connectivity index is 2.09. The zero-order valence-electron chi connectivity index (χ0n) is 14.2. The zero-order chi connectivity index (χ0) is 18.9. The number of thiazole rings is 1. The molecule has 2 aromatic rings. The largest absolute Gasteiger partial charge is 0.302 e. The normalized spacial score (nSPS) is 19.6. The van der Waals surface area contributed by atoms with Gasteiger partial charge in [0.15, 0.2) is 4.80 Å². The fourth-order valence-corrected chi connectivity index (χ4v) is 5.30. The van der Waals surface area contributed by atoms with E-state index in [1.54, 1.807) is 12.1 Å². The number of halogens is 1. The molecule has 1 aliphatic rings. The summed E-state index contributed by atoms with van der Waals surface area (Å²) in [5.41, 5.74) is 0.297. The highest BCUT2D eigenvalue weighted by Gasteiger charge is 2.34. The summed E-state index contributed by atoms with van der Waals surface area (Å²) >= 11 is 1.15. The molecule has 1 fully saturated rings. The molecule has 6 nitrogen and oxygen atoms in total. The van der Waals surface area contributed by atoms with Gasteiger partial charge in [0.2, 0.25) is 10.0 Å². The average Bonchev–Trinajstić information content (AvgIpc) is 2.93. The third-order valence-electron chi connectivity index (χ3n) is 4.27. The van der Waals surface area contributed by atoms with E-state index in [0.29, 0.717) is 29.6 Å². The Hall–Kier alpha value is -2.02. The van der Waals surface area contributed by atoms with Crippen molar-refractivity contribution in [2.24, 2.45) is 4.99 Å². The molecule has 3 rings (SSSR count). The summed E-state index contributed by atoms with van der Waals surface area (Å²) < 4.78 is 41.4. The van der Waals surface area contributed by atoms with Crippen molar-refractivity contribution in [1.82, 2.24) is 8.87 Å². The molecule has 1 aliphatic heterocycles. The maximum Gasteiger partial charge on any atom is 0.266 e. The first kappa shape index (κ1) is 18.8. The Morgan fingerprint density at radius 3 is 2.92 bits per heavy atom. The van der Waals surface area contributed by atoms with Gasteiger partial charge < -0.3 is 4.57 Å². The molecule has 1 atom stereocenters. The Bertz CT molecular complexity index is 1060. The van der Waals surface area contributed by atoms with Crippen molar-refractivity contribution in [2.75, 3.05) is 12.8 Å². The number of terminal acetylenes is 1. The lowest BCUT2D eigenvalue weighted by Gasteiger charge is -2.31. The maximum absolute atomic E-state index is 14.2. The van der Waals surface area contributed by atoms with E-state index in [4.69, 9.17) is 6.42 Å². The first-order chi connectivity index (χ1) is 12.3. The number of hydrogen-bond donors (Lipinski definition) is 0. The van der Waals surface area contributed by atoms with Crippen LogP contribution in [0.2, 0.25) is 0 Å². The Morgan fingerprint density at radius 1 is 1.46 bits per heavy atom. The van der Waals surface area contributed by atoms with Gasteiger partial charge in [0.25, 0.3) is 5.91 Å². The lowest BCUT2D eigenvalue weighted by Crippen LogP contribution is -2.47. The van der Waals surface area contributed by atoms with E-state index >= 15 is 0 Å². The number of nitrogens with zero attached hydrogens (tertiary/aromatic N) is 3. The third kappa shape index (κ3) is 3.58. The number of benzene rings is 1. The molecule has 1 amide bonds. The molecule has 0 N–H and O–H groups in total. The second kappa shape index (κ2) is 7.31. The molecule has 0 saturated carbocycles. The minimum atomic E-state index is -3.51. The van der Waals surface area contributed by atoms with Crippen LogP contribution in [0.5, 0.6) is 0 Å². The van der Waals surface area contributed by atoms with E-state index in [-0.39, 0.29) is 11.3 Å². The van der Waals surface area contributed by atoms with Gasteiger partial charge in [-0.3, -0.25) is 4.79 Å². The summed E-state index contributed by atoms with van der Waals surface area (Å²) in [6.07, 6.45) is 8.35. The number of para-hydroxylation sites is 1. The molecule has 138 valence electrons. The van der Waals surface area contributed by atoms with Gasteiger partial charge in [-0.1, -0.05) is 29.7 Å². The highest BCUT2D eigenvalue weighted by molar-refractivity contribution is 7.88. The van der Waals surface area contributed by atoms with E-state index in [1.165, 1.54) is 14.9 Å². The van der Waals surface area contributed by atoms with Crippen LogP contribution >= 0.6 is 11.3 Å². The van der Waals surface area contributed by atoms with E-state index in [1.807, 2.05) is 0 Å². The van der Waals surface area contributed by atoms with Gasteiger partial charge in [0.1, 0.15) is 11.9 Å². The van der Waals surface area contributed by atoms with Crippen LogP contribution in [0.4, 0.5) is 4.39 Å². The summed E-state index contributed by atoms with van der Waals surface area (Å²) in [5.74, 6) is 1.45. The number of carbonyl (C=O) groups is 1. The average molecular weight is 395 g/mol. The number of piperidine rings is 1. The number of amides is 1. The number of rotatable bonds is 3. The summed E-state index contributed by atoms with van der Waals surface area (Å²) in [6, 6.07) is 3.79. The number of hydrogen-bond acceptors (Lipinski definition) is 4. The first-order valence-corrected chi connectivity index (χ1v) is 10.8. The number of fused-ring (bicyclic) bond motifs is 1. The summed E-state index contributed by atoms with van der Waals surface area (Å²) in [4.78, 5) is 17.1. The van der Waals surface area contributed by atoms with Crippen LogP contribution in [0.1, 0.15) is 19.3 Å². The molecule has 0 spiro atoms. The third-order valence-corrected chi connectivity index (χ3v) is 6.60. The fourth-order valence-electron chi connectivity index (χ4n) is 3.13. The van der Waals surface area contributed by atoms with Crippen molar-refractivity contribution in [3.05, 3.63) is 28.8 Å². The topological polar surface area (TPSA) is 71.7 Å². The highest BCUT2D eigenvalue weighted by atomic mass is 32.2. The summed E-state index contributed by atoms with van der Waals surface area (Å²) in [7, 11) is -3.51. The van der Waals surface area contributed by atoms with Gasteiger partial charge in [-0.15, -0.1) is 6.42 Å². The van der Waals surface area contributed by atoms with Gasteiger partial charge in [0, 0.05) is 6.54 Å². The van der Waals surface area contributed by atoms with Gasteiger partial charge in [-0.2, -0.15) is 9.30 Å². The molecule has 0 radical (unpaired) electrons. The van der Waals surface area contributed by atoms with E-state index < -0.39 is 27.8 Å². The summed E-state index contributed by atoms with van der Waals surface area (Å²) in [6.45, 7) is 0.365. The Labute approximate surface area is 155 Å². The predicted molar refractivity (Wildman–Crippen MR) is 98.4 cm³/mol. The molecule has 26 heavy (non-hydrogen) atoms. The van der Waals surface area contributed by atoms with Gasteiger partial charge in [-0.25, -0.2) is 12.8 Å². The van der Waals surface area contributed by atoms with Crippen LogP contribution in [-0.4, -0.2) is 42.0 Å². The van der Waals surface area contributed by atoms with Crippen LogP contribution < -0.4 is 4.80 Å². The monoisotopic (exact) mass is 395 g/mol. The molecule has 0 aliphatic carbocycles. The first-order valence-electron chi connectivity index (χ1n) is 8.09. The molecule has 1 unspecified atom stereocenters. The van der Waals surface area contributed by atoms with Gasteiger partial charge >= 0.3 is 0 Å². The van der Waals surface area contributed by atoms with Crippen molar-refractivity contribution in [2.45, 2.75) is 31.8 Å². The van der Waals surface area contributed by atoms with Crippen LogP contribution in [-0.2, 0) is 21.4 Å². The minimum Gasteiger partial charge on any atom is -0.302 e. The van der Waals surface area contributed by atoms with Crippen LogP contribution in [0.25, 0.3) is 10.2 Å². The van der Waals surface area contributed by atoms with Gasteiger partial charge in [-0.05, 0) is 25.0 Å². The molecule has 1 aromatic heterocycles. The fraction of sp³-hybridized carbons (Fsp3) is 0.412. The lowest BCUT2D eigenvalue weighted by molar-refractivity contribution is -0.122. The SMILES string of the molecule is C#CCn1c(=NC(=O)C2CCCCN2S(C)(=O)=O)sc2cccc(F)c21. The zero-order valence-corrected chi connectivity index (χ0v) is 15.8. The Kier molecular flexibility index (Phi) is 5.27. The molecule has 2 heterocycles. The molecular formula is C17H18FN3O3S2. The second-order valence-corrected chi connectivity index (χ2v) is 9.04. The smallest absolute Gasteiger partial charge is 0.266 e. The van der Waals surface area contributed by atoms with Crippen LogP contribution in [0.3, 0.4) is 0 Å². The minimum absolute atomic E-state index is 0.0630.